The van der Waals surface area contributed by atoms with Gasteiger partial charge >= 0.3 is 0 Å². The zero-order valence-electron chi connectivity index (χ0n) is 16.5. The predicted molar refractivity (Wildman–Crippen MR) is 122 cm³/mol. The summed E-state index contributed by atoms with van der Waals surface area (Å²) in [5.74, 6) is 2.78. The van der Waals surface area contributed by atoms with E-state index in [1.54, 1.807) is 0 Å². The van der Waals surface area contributed by atoms with E-state index in [1.807, 2.05) is 20.9 Å². The van der Waals surface area contributed by atoms with Crippen LogP contribution in [0.15, 0.2) is 45.8 Å². The zero-order valence-corrected chi connectivity index (χ0v) is 18.8. The Kier molecular flexibility index (Phi) is 8.63. The van der Waals surface area contributed by atoms with E-state index in [4.69, 9.17) is 4.42 Å². The Hall–Kier alpha value is -1.54. The molecule has 2 aromatic rings. The summed E-state index contributed by atoms with van der Waals surface area (Å²) in [5.41, 5.74) is 2.56. The normalized spacial score (nSPS) is 18.0. The van der Waals surface area contributed by atoms with E-state index in [9.17, 15) is 0 Å². The van der Waals surface area contributed by atoms with Crippen LogP contribution in [-0.2, 0) is 13.1 Å². The summed E-state index contributed by atoms with van der Waals surface area (Å²) in [5, 5.41) is 7.00. The lowest BCUT2D eigenvalue weighted by Crippen LogP contribution is -2.50. The fourth-order valence-corrected chi connectivity index (χ4v) is 3.58. The van der Waals surface area contributed by atoms with Crippen LogP contribution in [-0.4, -0.2) is 37.0 Å². The van der Waals surface area contributed by atoms with Crippen molar-refractivity contribution in [3.05, 3.63) is 59.0 Å². The highest BCUT2D eigenvalue weighted by atomic mass is 127. The van der Waals surface area contributed by atoms with Crippen molar-refractivity contribution in [1.29, 1.82) is 0 Å². The molecule has 5 nitrogen and oxygen atoms in total. The van der Waals surface area contributed by atoms with Gasteiger partial charge < -0.3 is 15.1 Å². The van der Waals surface area contributed by atoms with E-state index < -0.39 is 0 Å². The van der Waals surface area contributed by atoms with Gasteiger partial charge in [-0.05, 0) is 44.9 Å². The minimum Gasteiger partial charge on any atom is -0.466 e. The Morgan fingerprint density at radius 3 is 2.70 bits per heavy atom. The highest BCUT2D eigenvalue weighted by molar-refractivity contribution is 14.0. The predicted octanol–water partition coefficient (Wildman–Crippen LogP) is 3.84. The highest BCUT2D eigenvalue weighted by Gasteiger charge is 2.20. The van der Waals surface area contributed by atoms with Crippen LogP contribution in [0.25, 0.3) is 0 Å². The molecule has 2 N–H and O–H groups in total. The molecule has 1 aliphatic rings. The largest absolute Gasteiger partial charge is 0.466 e. The number of halogens is 1. The lowest BCUT2D eigenvalue weighted by molar-refractivity contribution is 0.192. The van der Waals surface area contributed by atoms with Crippen molar-refractivity contribution in [2.24, 2.45) is 4.99 Å². The number of hydrogen-bond donors (Lipinski definition) is 2. The number of furan rings is 1. The van der Waals surface area contributed by atoms with Crippen LogP contribution in [0.3, 0.4) is 0 Å². The van der Waals surface area contributed by atoms with Crippen molar-refractivity contribution >= 4 is 29.9 Å². The number of rotatable bonds is 5. The zero-order chi connectivity index (χ0) is 18.4. The SMILES string of the molecule is CN=C(NCc1cc(C)oc1C)NC1CCCN(Cc2ccccc2)C1.I. The van der Waals surface area contributed by atoms with E-state index in [1.165, 1.54) is 24.0 Å². The lowest BCUT2D eigenvalue weighted by Gasteiger charge is -2.34. The molecule has 148 valence electrons. The number of nitrogens with zero attached hydrogens (tertiary/aromatic N) is 2. The lowest BCUT2D eigenvalue weighted by atomic mass is 10.0. The van der Waals surface area contributed by atoms with Crippen LogP contribution in [0.2, 0.25) is 0 Å². The number of benzene rings is 1. The van der Waals surface area contributed by atoms with Gasteiger partial charge in [0.1, 0.15) is 11.5 Å². The van der Waals surface area contributed by atoms with Crippen molar-refractivity contribution in [3.63, 3.8) is 0 Å². The molecule has 1 aromatic carbocycles. The molecular weight excluding hydrogens is 451 g/mol. The van der Waals surface area contributed by atoms with E-state index in [0.29, 0.717) is 6.04 Å². The first-order valence-corrected chi connectivity index (χ1v) is 9.43. The van der Waals surface area contributed by atoms with Crippen LogP contribution in [0.1, 0.15) is 35.5 Å². The van der Waals surface area contributed by atoms with Gasteiger partial charge in [0.05, 0.1) is 0 Å². The van der Waals surface area contributed by atoms with Gasteiger partial charge in [0.15, 0.2) is 5.96 Å². The Bertz CT molecular complexity index is 729. The summed E-state index contributed by atoms with van der Waals surface area (Å²) in [4.78, 5) is 6.91. The molecule has 1 unspecified atom stereocenters. The number of hydrogen-bond acceptors (Lipinski definition) is 3. The van der Waals surface area contributed by atoms with Gasteiger partial charge in [-0.1, -0.05) is 30.3 Å². The second-order valence-corrected chi connectivity index (χ2v) is 7.07. The second-order valence-electron chi connectivity index (χ2n) is 7.07. The molecule has 1 saturated heterocycles. The minimum absolute atomic E-state index is 0. The van der Waals surface area contributed by atoms with Crippen LogP contribution in [0.4, 0.5) is 0 Å². The van der Waals surface area contributed by atoms with Crippen molar-refractivity contribution in [3.8, 4) is 0 Å². The average Bonchev–Trinajstić information content (AvgIpc) is 2.97. The molecule has 1 aliphatic heterocycles. The topological polar surface area (TPSA) is 52.8 Å². The monoisotopic (exact) mass is 482 g/mol. The van der Waals surface area contributed by atoms with Crippen LogP contribution in [0.5, 0.6) is 0 Å². The fraction of sp³-hybridized carbons (Fsp3) is 0.476. The summed E-state index contributed by atoms with van der Waals surface area (Å²) in [6.45, 7) is 7.92. The van der Waals surface area contributed by atoms with E-state index in [-0.39, 0.29) is 24.0 Å². The summed E-state index contributed by atoms with van der Waals surface area (Å²) in [7, 11) is 1.83. The quantitative estimate of drug-likeness (QED) is 0.387. The van der Waals surface area contributed by atoms with Crippen molar-refractivity contribution in [2.45, 2.75) is 45.8 Å². The molecule has 2 heterocycles. The third kappa shape index (κ3) is 6.53. The van der Waals surface area contributed by atoms with Crippen molar-refractivity contribution in [2.75, 3.05) is 20.1 Å². The number of aryl methyl sites for hydroxylation is 2. The molecule has 0 spiro atoms. The van der Waals surface area contributed by atoms with E-state index in [0.717, 1.165) is 43.7 Å². The molecule has 0 amide bonds. The molecule has 3 rings (SSSR count). The van der Waals surface area contributed by atoms with Crippen LogP contribution in [0, 0.1) is 13.8 Å². The summed E-state index contributed by atoms with van der Waals surface area (Å²) in [6, 6.07) is 13.2. The molecule has 0 bridgehead atoms. The summed E-state index contributed by atoms with van der Waals surface area (Å²) >= 11 is 0. The first kappa shape index (κ1) is 21.8. The molecule has 1 aromatic heterocycles. The molecule has 0 saturated carbocycles. The maximum Gasteiger partial charge on any atom is 0.191 e. The van der Waals surface area contributed by atoms with Gasteiger partial charge in [0, 0.05) is 38.3 Å². The molecule has 0 radical (unpaired) electrons. The Morgan fingerprint density at radius 1 is 1.26 bits per heavy atom. The Balaban J connectivity index is 0.00000261. The van der Waals surface area contributed by atoms with Gasteiger partial charge in [-0.15, -0.1) is 24.0 Å². The summed E-state index contributed by atoms with van der Waals surface area (Å²) in [6.07, 6.45) is 2.39. The highest BCUT2D eigenvalue weighted by Crippen LogP contribution is 2.15. The molecule has 0 aliphatic carbocycles. The smallest absolute Gasteiger partial charge is 0.191 e. The Labute approximate surface area is 179 Å². The number of piperidine rings is 1. The summed E-state index contributed by atoms with van der Waals surface area (Å²) < 4.78 is 5.59. The maximum absolute atomic E-state index is 5.59. The van der Waals surface area contributed by atoms with Crippen molar-refractivity contribution in [1.82, 2.24) is 15.5 Å². The maximum atomic E-state index is 5.59. The van der Waals surface area contributed by atoms with Gasteiger partial charge in [0.25, 0.3) is 0 Å². The minimum atomic E-state index is 0. The fourth-order valence-electron chi connectivity index (χ4n) is 3.58. The second kappa shape index (κ2) is 10.7. The first-order chi connectivity index (χ1) is 12.6. The van der Waals surface area contributed by atoms with Crippen LogP contribution < -0.4 is 10.6 Å². The standard InChI is InChI=1S/C21H30N4O.HI/c1-16-12-19(17(2)26-16)13-23-21(22-3)24-20-10-7-11-25(15-20)14-18-8-5-4-6-9-18;/h4-6,8-9,12,20H,7,10-11,13-15H2,1-3H3,(H2,22,23,24);1H. The van der Waals surface area contributed by atoms with E-state index >= 15 is 0 Å². The number of guanidine groups is 1. The average molecular weight is 482 g/mol. The Morgan fingerprint density at radius 2 is 2.04 bits per heavy atom. The molecule has 27 heavy (non-hydrogen) atoms. The third-order valence-corrected chi connectivity index (χ3v) is 4.91. The molecule has 1 atom stereocenters. The van der Waals surface area contributed by atoms with Crippen LogP contribution >= 0.6 is 24.0 Å². The van der Waals surface area contributed by atoms with Gasteiger partial charge in [0.2, 0.25) is 0 Å². The molecule has 6 heteroatoms. The van der Waals surface area contributed by atoms with Gasteiger partial charge in [-0.25, -0.2) is 0 Å². The third-order valence-electron chi connectivity index (χ3n) is 4.91. The van der Waals surface area contributed by atoms with Gasteiger partial charge in [-0.3, -0.25) is 9.89 Å². The number of aliphatic imine (C=N–C) groups is 1. The van der Waals surface area contributed by atoms with E-state index in [2.05, 4.69) is 56.9 Å². The number of likely N-dealkylation sites (tertiary alicyclic amines) is 1. The first-order valence-electron chi connectivity index (χ1n) is 9.43. The number of nitrogens with one attached hydrogen (secondary N) is 2. The van der Waals surface area contributed by atoms with Gasteiger partial charge in [-0.2, -0.15) is 0 Å². The van der Waals surface area contributed by atoms with Crippen molar-refractivity contribution < 1.29 is 4.42 Å². The molecular formula is C21H31IN4O. The molecule has 1 fully saturated rings.